The van der Waals surface area contributed by atoms with Crippen LogP contribution in [0.25, 0.3) is 0 Å². The number of nitrogens with zero attached hydrogens (tertiary/aromatic N) is 1. The minimum atomic E-state index is -0.485. The summed E-state index contributed by atoms with van der Waals surface area (Å²) in [5, 5.41) is 6.94. The predicted octanol–water partition coefficient (Wildman–Crippen LogP) is 2.98. The van der Waals surface area contributed by atoms with Crippen LogP contribution in [0.5, 0.6) is 0 Å². The second kappa shape index (κ2) is 6.09. The Labute approximate surface area is 126 Å². The van der Waals surface area contributed by atoms with Crippen molar-refractivity contribution < 1.29 is 18.8 Å². The number of aromatic nitrogens is 1. The molecule has 7 heteroatoms. The number of thiophene rings is 1. The number of esters is 1. The fraction of sp³-hybridized carbons (Fsp3) is 0.357. The summed E-state index contributed by atoms with van der Waals surface area (Å²) in [7, 11) is 0. The molecule has 2 aromatic heterocycles. The van der Waals surface area contributed by atoms with Gasteiger partial charge in [0, 0.05) is 17.9 Å². The van der Waals surface area contributed by atoms with E-state index in [4.69, 9.17) is 9.26 Å². The first-order valence-corrected chi connectivity index (χ1v) is 7.17. The molecule has 0 aliphatic carbocycles. The van der Waals surface area contributed by atoms with Crippen LogP contribution in [0.2, 0.25) is 0 Å². The maximum Gasteiger partial charge on any atom is 0.341 e. The number of aryl methyl sites for hydroxylation is 2. The Hall–Kier alpha value is -2.15. The van der Waals surface area contributed by atoms with Gasteiger partial charge in [0.05, 0.1) is 5.56 Å². The molecular formula is C14H16N2O4S. The normalized spacial score (nSPS) is 10.5. The van der Waals surface area contributed by atoms with Gasteiger partial charge in [-0.2, -0.15) is 0 Å². The molecule has 1 N–H and O–H groups in total. The molecule has 1 amide bonds. The van der Waals surface area contributed by atoms with Crippen LogP contribution in [0, 0.1) is 20.8 Å². The van der Waals surface area contributed by atoms with Gasteiger partial charge in [-0.05, 0) is 26.3 Å². The molecule has 2 aromatic rings. The Morgan fingerprint density at radius 3 is 2.67 bits per heavy atom. The van der Waals surface area contributed by atoms with Gasteiger partial charge in [0.25, 0.3) is 0 Å². The molecule has 0 unspecified atom stereocenters. The summed E-state index contributed by atoms with van der Waals surface area (Å²) in [6.45, 7) is 6.92. The van der Waals surface area contributed by atoms with Crippen molar-refractivity contribution in [1.29, 1.82) is 0 Å². The predicted molar refractivity (Wildman–Crippen MR) is 78.5 cm³/mol. The van der Waals surface area contributed by atoms with Crippen molar-refractivity contribution in [3.63, 3.8) is 0 Å². The number of anilines is 1. The highest BCUT2D eigenvalue weighted by molar-refractivity contribution is 7.16. The molecule has 0 aliphatic heterocycles. The number of amides is 1. The molecule has 6 nitrogen and oxygen atoms in total. The SMILES string of the molecule is CC(=O)Nc1sc(C)c(C)c1C(=O)OCc1cc(C)on1. The maximum absolute atomic E-state index is 12.2. The Kier molecular flexibility index (Phi) is 4.42. The molecule has 2 heterocycles. The van der Waals surface area contributed by atoms with Crippen LogP contribution in [0.1, 0.15) is 39.2 Å². The van der Waals surface area contributed by atoms with Crippen LogP contribution in [0.15, 0.2) is 10.6 Å². The third-order valence-corrected chi connectivity index (χ3v) is 4.03. The first-order valence-electron chi connectivity index (χ1n) is 6.35. The average Bonchev–Trinajstić information content (AvgIpc) is 2.91. The van der Waals surface area contributed by atoms with Crippen molar-refractivity contribution in [3.05, 3.63) is 33.5 Å². The summed E-state index contributed by atoms with van der Waals surface area (Å²) in [6.07, 6.45) is 0. The first-order chi connectivity index (χ1) is 9.88. The zero-order chi connectivity index (χ0) is 15.6. The smallest absolute Gasteiger partial charge is 0.341 e. The summed E-state index contributed by atoms with van der Waals surface area (Å²) < 4.78 is 10.1. The molecule has 0 aliphatic rings. The number of hydrogen-bond acceptors (Lipinski definition) is 6. The van der Waals surface area contributed by atoms with E-state index >= 15 is 0 Å². The van der Waals surface area contributed by atoms with Gasteiger partial charge in [0.15, 0.2) is 0 Å². The van der Waals surface area contributed by atoms with E-state index in [0.29, 0.717) is 22.0 Å². The third-order valence-electron chi connectivity index (χ3n) is 2.91. The number of ether oxygens (including phenoxy) is 1. The molecule has 112 valence electrons. The first kappa shape index (κ1) is 15.2. The summed E-state index contributed by atoms with van der Waals surface area (Å²) >= 11 is 1.36. The third kappa shape index (κ3) is 3.49. The highest BCUT2D eigenvalue weighted by atomic mass is 32.1. The van der Waals surface area contributed by atoms with E-state index < -0.39 is 5.97 Å². The number of nitrogens with one attached hydrogen (secondary N) is 1. The minimum Gasteiger partial charge on any atom is -0.455 e. The molecule has 0 fully saturated rings. The van der Waals surface area contributed by atoms with E-state index in [0.717, 1.165) is 10.4 Å². The van der Waals surface area contributed by atoms with Gasteiger partial charge >= 0.3 is 5.97 Å². The highest BCUT2D eigenvalue weighted by Gasteiger charge is 2.22. The summed E-state index contributed by atoms with van der Waals surface area (Å²) in [5.41, 5.74) is 1.75. The van der Waals surface area contributed by atoms with E-state index in [2.05, 4.69) is 10.5 Å². The lowest BCUT2D eigenvalue weighted by Gasteiger charge is -2.06. The second-order valence-corrected chi connectivity index (χ2v) is 5.90. The fourth-order valence-electron chi connectivity index (χ4n) is 1.82. The molecule has 0 spiro atoms. The van der Waals surface area contributed by atoms with Gasteiger partial charge in [0.2, 0.25) is 5.91 Å². The molecule has 0 saturated heterocycles. The van der Waals surface area contributed by atoms with Gasteiger partial charge in [-0.3, -0.25) is 4.79 Å². The van der Waals surface area contributed by atoms with Crippen LogP contribution < -0.4 is 5.32 Å². The van der Waals surface area contributed by atoms with E-state index in [9.17, 15) is 9.59 Å². The van der Waals surface area contributed by atoms with Crippen molar-refractivity contribution in [2.75, 3.05) is 5.32 Å². The largest absolute Gasteiger partial charge is 0.455 e. The summed E-state index contributed by atoms with van der Waals surface area (Å²) in [6, 6.07) is 1.70. The zero-order valence-corrected chi connectivity index (χ0v) is 13.1. The maximum atomic E-state index is 12.2. The second-order valence-electron chi connectivity index (χ2n) is 4.67. The topological polar surface area (TPSA) is 81.4 Å². The Morgan fingerprint density at radius 2 is 2.10 bits per heavy atom. The monoisotopic (exact) mass is 308 g/mol. The van der Waals surface area contributed by atoms with Gasteiger partial charge in [-0.1, -0.05) is 5.16 Å². The quantitative estimate of drug-likeness (QED) is 0.878. The number of hydrogen-bond donors (Lipinski definition) is 1. The molecule has 21 heavy (non-hydrogen) atoms. The Balaban J connectivity index is 2.16. The van der Waals surface area contributed by atoms with Crippen LogP contribution >= 0.6 is 11.3 Å². The number of carbonyl (C=O) groups excluding carboxylic acids is 2. The molecule has 0 bridgehead atoms. The zero-order valence-electron chi connectivity index (χ0n) is 12.3. The van der Waals surface area contributed by atoms with Crippen LogP contribution in [0.4, 0.5) is 5.00 Å². The number of carbonyl (C=O) groups is 2. The van der Waals surface area contributed by atoms with Gasteiger partial charge in [0.1, 0.15) is 23.1 Å². The molecule has 0 atom stereocenters. The lowest BCUT2D eigenvalue weighted by atomic mass is 10.1. The van der Waals surface area contributed by atoms with Crippen molar-refractivity contribution >= 4 is 28.2 Å². The summed E-state index contributed by atoms with van der Waals surface area (Å²) in [5.74, 6) is -0.0544. The molecule has 0 saturated carbocycles. The minimum absolute atomic E-state index is 0.0318. The molecule has 0 aromatic carbocycles. The van der Waals surface area contributed by atoms with E-state index in [1.54, 1.807) is 13.0 Å². The van der Waals surface area contributed by atoms with Crippen molar-refractivity contribution in [2.45, 2.75) is 34.3 Å². The standard InChI is InChI=1S/C14H16N2O4S/c1-7-5-11(16-20-7)6-19-14(18)12-8(2)9(3)21-13(12)15-10(4)17/h5H,6H2,1-4H3,(H,15,17). The summed E-state index contributed by atoms with van der Waals surface area (Å²) in [4.78, 5) is 24.4. The average molecular weight is 308 g/mol. The van der Waals surface area contributed by atoms with Gasteiger partial charge < -0.3 is 14.6 Å². The van der Waals surface area contributed by atoms with E-state index in [1.165, 1.54) is 18.3 Å². The van der Waals surface area contributed by atoms with Crippen LogP contribution in [-0.2, 0) is 16.1 Å². The van der Waals surface area contributed by atoms with Crippen LogP contribution in [0.3, 0.4) is 0 Å². The van der Waals surface area contributed by atoms with Gasteiger partial charge in [-0.25, -0.2) is 4.79 Å². The van der Waals surface area contributed by atoms with Crippen molar-refractivity contribution in [1.82, 2.24) is 5.16 Å². The van der Waals surface area contributed by atoms with Crippen molar-refractivity contribution in [2.24, 2.45) is 0 Å². The van der Waals surface area contributed by atoms with Gasteiger partial charge in [-0.15, -0.1) is 11.3 Å². The van der Waals surface area contributed by atoms with Crippen LogP contribution in [-0.4, -0.2) is 17.0 Å². The fourth-order valence-corrected chi connectivity index (χ4v) is 2.91. The Bertz CT molecular complexity index is 687. The van der Waals surface area contributed by atoms with E-state index in [1.807, 2.05) is 13.8 Å². The lowest BCUT2D eigenvalue weighted by molar-refractivity contribution is -0.114. The van der Waals surface area contributed by atoms with Crippen molar-refractivity contribution in [3.8, 4) is 0 Å². The molecule has 2 rings (SSSR count). The van der Waals surface area contributed by atoms with E-state index in [-0.39, 0.29) is 12.5 Å². The highest BCUT2D eigenvalue weighted by Crippen LogP contribution is 2.33. The number of rotatable bonds is 4. The molecular weight excluding hydrogens is 292 g/mol. The lowest BCUT2D eigenvalue weighted by Crippen LogP contribution is -2.12. The Morgan fingerprint density at radius 1 is 1.38 bits per heavy atom. The molecule has 0 radical (unpaired) electrons.